The van der Waals surface area contributed by atoms with E-state index in [-0.39, 0.29) is 0 Å². The van der Waals surface area contributed by atoms with Gasteiger partial charge in [-0.3, -0.25) is 0 Å². The molecular formula is C12H11N5. The van der Waals surface area contributed by atoms with Gasteiger partial charge in [0.05, 0.1) is 12.2 Å². The van der Waals surface area contributed by atoms with Crippen LogP contribution in [0, 0.1) is 0 Å². The highest BCUT2D eigenvalue weighted by molar-refractivity contribution is 5.59. The van der Waals surface area contributed by atoms with Crippen LogP contribution in [0.15, 0.2) is 42.5 Å². The Bertz CT molecular complexity index is 644. The molecule has 0 aliphatic heterocycles. The Morgan fingerprint density at radius 1 is 1.00 bits per heavy atom. The van der Waals surface area contributed by atoms with Crippen LogP contribution in [0.3, 0.4) is 0 Å². The second kappa shape index (κ2) is 3.95. The van der Waals surface area contributed by atoms with Gasteiger partial charge in [-0.2, -0.15) is 9.61 Å². The van der Waals surface area contributed by atoms with Crippen LogP contribution in [-0.2, 0) is 6.54 Å². The van der Waals surface area contributed by atoms with E-state index in [1.54, 1.807) is 4.52 Å². The zero-order valence-electron chi connectivity index (χ0n) is 9.11. The van der Waals surface area contributed by atoms with Gasteiger partial charge in [0, 0.05) is 5.56 Å². The summed E-state index contributed by atoms with van der Waals surface area (Å²) in [5.74, 6) is 0.665. The lowest BCUT2D eigenvalue weighted by molar-refractivity contribution is 0.811. The zero-order chi connectivity index (χ0) is 11.7. The molecule has 17 heavy (non-hydrogen) atoms. The molecule has 2 heterocycles. The number of fused-ring (bicyclic) bond motifs is 1. The number of aromatic nitrogens is 4. The second-order valence-corrected chi connectivity index (χ2v) is 3.67. The number of nitrogens with zero attached hydrogens (tertiary/aromatic N) is 4. The Kier molecular flexibility index (Phi) is 2.31. The number of rotatable bonds is 2. The summed E-state index contributed by atoms with van der Waals surface area (Å²) in [4.78, 5) is 0. The summed E-state index contributed by atoms with van der Waals surface area (Å²) in [6, 6.07) is 13.8. The van der Waals surface area contributed by atoms with Gasteiger partial charge in [0.15, 0.2) is 11.5 Å². The van der Waals surface area contributed by atoms with Crippen molar-refractivity contribution in [1.82, 2.24) is 19.8 Å². The average Bonchev–Trinajstić information content (AvgIpc) is 2.81. The van der Waals surface area contributed by atoms with E-state index in [2.05, 4.69) is 15.3 Å². The Hall–Kier alpha value is -2.27. The first-order valence-electron chi connectivity index (χ1n) is 5.35. The Morgan fingerprint density at radius 3 is 2.59 bits per heavy atom. The molecule has 2 aromatic heterocycles. The van der Waals surface area contributed by atoms with Crippen LogP contribution in [0.1, 0.15) is 5.82 Å². The van der Waals surface area contributed by atoms with E-state index in [9.17, 15) is 0 Å². The molecule has 1 aromatic carbocycles. The van der Waals surface area contributed by atoms with E-state index in [0.29, 0.717) is 18.0 Å². The minimum absolute atomic E-state index is 0.326. The topological polar surface area (TPSA) is 69.1 Å². The Labute approximate surface area is 97.9 Å². The Morgan fingerprint density at radius 2 is 1.82 bits per heavy atom. The molecule has 0 unspecified atom stereocenters. The minimum Gasteiger partial charge on any atom is -0.324 e. The second-order valence-electron chi connectivity index (χ2n) is 3.67. The van der Waals surface area contributed by atoms with Crippen molar-refractivity contribution in [1.29, 1.82) is 0 Å². The molecule has 3 aromatic rings. The quantitative estimate of drug-likeness (QED) is 0.712. The van der Waals surface area contributed by atoms with Gasteiger partial charge in [0.1, 0.15) is 0 Å². The van der Waals surface area contributed by atoms with Crippen LogP contribution in [0.25, 0.3) is 16.9 Å². The molecule has 84 valence electrons. The van der Waals surface area contributed by atoms with E-state index in [1.807, 2.05) is 42.5 Å². The molecular weight excluding hydrogens is 214 g/mol. The molecule has 0 fully saturated rings. The molecule has 2 N–H and O–H groups in total. The van der Waals surface area contributed by atoms with Gasteiger partial charge in [-0.25, -0.2) is 0 Å². The standard InChI is InChI=1S/C12H11N5/c13-8-12-15-14-11-7-6-10(16-17(11)12)9-4-2-1-3-5-9/h1-7H,8,13H2. The van der Waals surface area contributed by atoms with E-state index < -0.39 is 0 Å². The van der Waals surface area contributed by atoms with Gasteiger partial charge in [-0.15, -0.1) is 10.2 Å². The fourth-order valence-corrected chi connectivity index (χ4v) is 1.72. The number of hydrogen-bond acceptors (Lipinski definition) is 4. The van der Waals surface area contributed by atoms with Gasteiger partial charge in [0.2, 0.25) is 0 Å². The fraction of sp³-hybridized carbons (Fsp3) is 0.0833. The smallest absolute Gasteiger partial charge is 0.177 e. The van der Waals surface area contributed by atoms with Crippen LogP contribution in [0.4, 0.5) is 0 Å². The average molecular weight is 225 g/mol. The third-order valence-corrected chi connectivity index (χ3v) is 2.58. The summed E-state index contributed by atoms with van der Waals surface area (Å²) in [5, 5.41) is 12.5. The van der Waals surface area contributed by atoms with E-state index >= 15 is 0 Å². The van der Waals surface area contributed by atoms with Gasteiger partial charge in [-0.05, 0) is 12.1 Å². The van der Waals surface area contributed by atoms with Crippen LogP contribution in [-0.4, -0.2) is 19.8 Å². The maximum Gasteiger partial charge on any atom is 0.177 e. The molecule has 5 nitrogen and oxygen atoms in total. The monoisotopic (exact) mass is 225 g/mol. The Balaban J connectivity index is 2.19. The van der Waals surface area contributed by atoms with Crippen LogP contribution in [0.5, 0.6) is 0 Å². The van der Waals surface area contributed by atoms with Gasteiger partial charge >= 0.3 is 0 Å². The van der Waals surface area contributed by atoms with Crippen molar-refractivity contribution in [2.24, 2.45) is 5.73 Å². The number of benzene rings is 1. The van der Waals surface area contributed by atoms with Crippen LogP contribution >= 0.6 is 0 Å². The molecule has 0 amide bonds. The van der Waals surface area contributed by atoms with Crippen molar-refractivity contribution in [3.05, 3.63) is 48.3 Å². The maximum absolute atomic E-state index is 5.59. The highest BCUT2D eigenvalue weighted by Gasteiger charge is 2.06. The molecule has 0 radical (unpaired) electrons. The minimum atomic E-state index is 0.326. The van der Waals surface area contributed by atoms with E-state index in [4.69, 9.17) is 5.73 Å². The molecule has 0 atom stereocenters. The molecule has 5 heteroatoms. The lowest BCUT2D eigenvalue weighted by atomic mass is 10.1. The predicted molar refractivity (Wildman–Crippen MR) is 64.1 cm³/mol. The van der Waals surface area contributed by atoms with Crippen molar-refractivity contribution in [3.8, 4) is 11.3 Å². The summed E-state index contributed by atoms with van der Waals surface area (Å²) < 4.78 is 1.68. The lowest BCUT2D eigenvalue weighted by Crippen LogP contribution is -2.05. The van der Waals surface area contributed by atoms with E-state index in [1.165, 1.54) is 0 Å². The van der Waals surface area contributed by atoms with Gasteiger partial charge in [-0.1, -0.05) is 30.3 Å². The number of hydrogen-bond donors (Lipinski definition) is 1. The molecule has 0 bridgehead atoms. The van der Waals surface area contributed by atoms with Crippen LogP contribution in [0.2, 0.25) is 0 Å². The zero-order valence-corrected chi connectivity index (χ0v) is 9.11. The summed E-state index contributed by atoms with van der Waals surface area (Å²) in [7, 11) is 0. The summed E-state index contributed by atoms with van der Waals surface area (Å²) in [5.41, 5.74) is 8.24. The van der Waals surface area contributed by atoms with Crippen LogP contribution < -0.4 is 5.73 Å². The van der Waals surface area contributed by atoms with E-state index in [0.717, 1.165) is 11.3 Å². The molecule has 3 rings (SSSR count). The highest BCUT2D eigenvalue weighted by Crippen LogP contribution is 2.16. The first kappa shape index (κ1) is 9.92. The normalized spacial score (nSPS) is 10.9. The molecule has 0 saturated carbocycles. The maximum atomic E-state index is 5.59. The van der Waals surface area contributed by atoms with Gasteiger partial charge < -0.3 is 5.73 Å². The first-order chi connectivity index (χ1) is 8.38. The summed E-state index contributed by atoms with van der Waals surface area (Å²) >= 11 is 0. The predicted octanol–water partition coefficient (Wildman–Crippen LogP) is 1.25. The first-order valence-corrected chi connectivity index (χ1v) is 5.35. The van der Waals surface area contributed by atoms with Gasteiger partial charge in [0.25, 0.3) is 0 Å². The SMILES string of the molecule is NCc1nnc2ccc(-c3ccccc3)nn12. The number of nitrogens with two attached hydrogens (primary N) is 1. The molecule has 0 aliphatic carbocycles. The van der Waals surface area contributed by atoms with Crippen molar-refractivity contribution < 1.29 is 0 Å². The summed E-state index contributed by atoms with van der Waals surface area (Å²) in [6.07, 6.45) is 0. The largest absolute Gasteiger partial charge is 0.324 e. The molecule has 0 saturated heterocycles. The van der Waals surface area contributed by atoms with Crippen molar-refractivity contribution >= 4 is 5.65 Å². The summed E-state index contributed by atoms with van der Waals surface area (Å²) in [6.45, 7) is 0.326. The van der Waals surface area contributed by atoms with Crippen molar-refractivity contribution in [2.45, 2.75) is 6.54 Å². The third kappa shape index (κ3) is 1.66. The molecule has 0 spiro atoms. The highest BCUT2D eigenvalue weighted by atomic mass is 15.4. The van der Waals surface area contributed by atoms with Crippen molar-refractivity contribution in [2.75, 3.05) is 0 Å². The molecule has 0 aliphatic rings. The third-order valence-electron chi connectivity index (χ3n) is 2.58. The van der Waals surface area contributed by atoms with Crippen molar-refractivity contribution in [3.63, 3.8) is 0 Å². The lowest BCUT2D eigenvalue weighted by Gasteiger charge is -2.01. The fourth-order valence-electron chi connectivity index (χ4n) is 1.72.